The topological polar surface area (TPSA) is 42.2 Å². The summed E-state index contributed by atoms with van der Waals surface area (Å²) >= 11 is 0. The number of carbonyl (C=O) groups is 1. The van der Waals surface area contributed by atoms with Crippen LogP contribution in [0.25, 0.3) is 0 Å². The summed E-state index contributed by atoms with van der Waals surface area (Å²) in [5, 5.41) is 2.77. The zero-order valence-corrected chi connectivity index (χ0v) is 10.3. The number of amides is 1. The van der Waals surface area contributed by atoms with Gasteiger partial charge in [0.05, 0.1) is 5.56 Å². The van der Waals surface area contributed by atoms with Gasteiger partial charge in [-0.05, 0) is 37.6 Å². The van der Waals surface area contributed by atoms with Crippen molar-refractivity contribution in [1.29, 1.82) is 0 Å². The van der Waals surface area contributed by atoms with Crippen molar-refractivity contribution in [3.05, 3.63) is 58.8 Å². The molecule has 0 aliphatic carbocycles. The van der Waals surface area contributed by atoms with Crippen LogP contribution in [0, 0.1) is 19.7 Å². The lowest BCUT2D eigenvalue weighted by Crippen LogP contribution is -2.22. The van der Waals surface area contributed by atoms with E-state index in [2.05, 4.69) is 5.32 Å². The molecule has 1 heterocycles. The summed E-state index contributed by atoms with van der Waals surface area (Å²) in [5.41, 5.74) is 1.39. The first-order valence-corrected chi connectivity index (χ1v) is 5.66. The number of benzene rings is 1. The van der Waals surface area contributed by atoms with Crippen LogP contribution in [0.1, 0.15) is 27.4 Å². The van der Waals surface area contributed by atoms with E-state index in [-0.39, 0.29) is 11.7 Å². The van der Waals surface area contributed by atoms with Crippen LogP contribution in [-0.4, -0.2) is 5.91 Å². The van der Waals surface area contributed by atoms with Gasteiger partial charge in [0, 0.05) is 6.54 Å². The molecule has 0 radical (unpaired) electrons. The summed E-state index contributed by atoms with van der Waals surface area (Å²) in [4.78, 5) is 11.9. The number of furan rings is 1. The molecule has 0 saturated heterocycles. The smallest absolute Gasteiger partial charge is 0.255 e. The first-order chi connectivity index (χ1) is 8.56. The predicted molar refractivity (Wildman–Crippen MR) is 65.8 cm³/mol. The van der Waals surface area contributed by atoms with Crippen molar-refractivity contribution >= 4 is 5.91 Å². The van der Waals surface area contributed by atoms with Gasteiger partial charge in [-0.25, -0.2) is 4.39 Å². The van der Waals surface area contributed by atoms with Crippen molar-refractivity contribution in [3.8, 4) is 0 Å². The van der Waals surface area contributed by atoms with E-state index >= 15 is 0 Å². The van der Waals surface area contributed by atoms with E-state index < -0.39 is 0 Å². The third-order valence-electron chi connectivity index (χ3n) is 2.65. The molecule has 0 spiro atoms. The SMILES string of the molecule is Cc1cc(C(=O)NCc2ccc(F)cc2)c(C)o1. The molecule has 1 aromatic carbocycles. The third kappa shape index (κ3) is 2.77. The Balaban J connectivity index is 2.00. The Kier molecular flexibility index (Phi) is 3.46. The molecule has 1 aromatic heterocycles. The van der Waals surface area contributed by atoms with Gasteiger partial charge in [0.15, 0.2) is 0 Å². The minimum Gasteiger partial charge on any atom is -0.466 e. The number of aryl methyl sites for hydroxylation is 2. The molecule has 0 atom stereocenters. The van der Waals surface area contributed by atoms with Gasteiger partial charge in [0.2, 0.25) is 0 Å². The van der Waals surface area contributed by atoms with Gasteiger partial charge >= 0.3 is 0 Å². The van der Waals surface area contributed by atoms with Crippen molar-refractivity contribution in [1.82, 2.24) is 5.32 Å². The van der Waals surface area contributed by atoms with E-state index in [1.165, 1.54) is 12.1 Å². The second-order valence-corrected chi connectivity index (χ2v) is 4.14. The molecule has 1 amide bonds. The highest BCUT2D eigenvalue weighted by Crippen LogP contribution is 2.13. The summed E-state index contributed by atoms with van der Waals surface area (Å²) in [7, 11) is 0. The fourth-order valence-corrected chi connectivity index (χ4v) is 1.74. The first kappa shape index (κ1) is 12.4. The molecular weight excluding hydrogens is 233 g/mol. The van der Waals surface area contributed by atoms with Crippen LogP contribution in [0.3, 0.4) is 0 Å². The van der Waals surface area contributed by atoms with Gasteiger partial charge in [-0.3, -0.25) is 4.79 Å². The molecule has 3 nitrogen and oxygen atoms in total. The second-order valence-electron chi connectivity index (χ2n) is 4.14. The van der Waals surface area contributed by atoms with Crippen molar-refractivity contribution < 1.29 is 13.6 Å². The third-order valence-corrected chi connectivity index (χ3v) is 2.65. The van der Waals surface area contributed by atoms with Gasteiger partial charge in [-0.2, -0.15) is 0 Å². The van der Waals surface area contributed by atoms with E-state index in [1.54, 1.807) is 32.0 Å². The fraction of sp³-hybridized carbons (Fsp3) is 0.214. The summed E-state index contributed by atoms with van der Waals surface area (Å²) in [6, 6.07) is 7.73. The highest BCUT2D eigenvalue weighted by molar-refractivity contribution is 5.95. The van der Waals surface area contributed by atoms with Crippen LogP contribution >= 0.6 is 0 Å². The van der Waals surface area contributed by atoms with E-state index in [0.717, 1.165) is 5.56 Å². The van der Waals surface area contributed by atoms with E-state index in [1.807, 2.05) is 0 Å². The molecule has 0 bridgehead atoms. The second kappa shape index (κ2) is 5.04. The molecule has 0 fully saturated rings. The van der Waals surface area contributed by atoms with Gasteiger partial charge in [-0.15, -0.1) is 0 Å². The summed E-state index contributed by atoms with van der Waals surface area (Å²) < 4.78 is 18.0. The maximum Gasteiger partial charge on any atom is 0.255 e. The Morgan fingerprint density at radius 2 is 1.94 bits per heavy atom. The van der Waals surface area contributed by atoms with Crippen molar-refractivity contribution in [2.24, 2.45) is 0 Å². The molecule has 0 unspecified atom stereocenters. The quantitative estimate of drug-likeness (QED) is 0.906. The van der Waals surface area contributed by atoms with Crippen LogP contribution in [0.2, 0.25) is 0 Å². The van der Waals surface area contributed by atoms with Crippen LogP contribution in [-0.2, 0) is 6.54 Å². The van der Waals surface area contributed by atoms with Crippen LogP contribution in [0.5, 0.6) is 0 Å². The molecule has 2 rings (SSSR count). The van der Waals surface area contributed by atoms with Gasteiger partial charge in [0.1, 0.15) is 17.3 Å². The standard InChI is InChI=1S/C14H14FNO2/c1-9-7-13(10(2)18-9)14(17)16-8-11-3-5-12(15)6-4-11/h3-7H,8H2,1-2H3,(H,16,17). The van der Waals surface area contributed by atoms with Crippen molar-refractivity contribution in [2.75, 3.05) is 0 Å². The van der Waals surface area contributed by atoms with E-state index in [4.69, 9.17) is 4.42 Å². The monoisotopic (exact) mass is 247 g/mol. The predicted octanol–water partition coefficient (Wildman–Crippen LogP) is 2.97. The normalized spacial score (nSPS) is 10.4. The molecule has 4 heteroatoms. The number of hydrogen-bond donors (Lipinski definition) is 1. The number of hydrogen-bond acceptors (Lipinski definition) is 2. The van der Waals surface area contributed by atoms with E-state index in [9.17, 15) is 9.18 Å². The zero-order chi connectivity index (χ0) is 13.1. The number of rotatable bonds is 3. The Labute approximate surface area is 105 Å². The maximum atomic E-state index is 12.7. The molecule has 0 aliphatic heterocycles. The Morgan fingerprint density at radius 3 is 2.50 bits per heavy atom. The Morgan fingerprint density at radius 1 is 1.28 bits per heavy atom. The molecule has 94 valence electrons. The van der Waals surface area contributed by atoms with Crippen molar-refractivity contribution in [2.45, 2.75) is 20.4 Å². The van der Waals surface area contributed by atoms with Crippen molar-refractivity contribution in [3.63, 3.8) is 0 Å². The van der Waals surface area contributed by atoms with Gasteiger partial charge < -0.3 is 9.73 Å². The minimum atomic E-state index is -0.286. The largest absolute Gasteiger partial charge is 0.466 e. The average molecular weight is 247 g/mol. The molecule has 2 aromatic rings. The lowest BCUT2D eigenvalue weighted by molar-refractivity contribution is 0.0949. The molecule has 18 heavy (non-hydrogen) atoms. The zero-order valence-electron chi connectivity index (χ0n) is 10.3. The number of nitrogens with one attached hydrogen (secondary N) is 1. The van der Waals surface area contributed by atoms with Crippen LogP contribution in [0.15, 0.2) is 34.7 Å². The average Bonchev–Trinajstić information content (AvgIpc) is 2.67. The first-order valence-electron chi connectivity index (χ1n) is 5.66. The Hall–Kier alpha value is -2.10. The van der Waals surface area contributed by atoms with Gasteiger partial charge in [-0.1, -0.05) is 12.1 Å². The summed E-state index contributed by atoms with van der Waals surface area (Å²) in [6.07, 6.45) is 0. The van der Waals surface area contributed by atoms with Crippen LogP contribution in [0.4, 0.5) is 4.39 Å². The molecule has 0 saturated carbocycles. The minimum absolute atomic E-state index is 0.186. The highest BCUT2D eigenvalue weighted by Gasteiger charge is 2.12. The summed E-state index contributed by atoms with van der Waals surface area (Å²) in [6.45, 7) is 3.91. The lowest BCUT2D eigenvalue weighted by atomic mass is 10.2. The molecular formula is C14H14FNO2. The fourth-order valence-electron chi connectivity index (χ4n) is 1.74. The van der Waals surface area contributed by atoms with Gasteiger partial charge in [0.25, 0.3) is 5.91 Å². The van der Waals surface area contributed by atoms with Crippen LogP contribution < -0.4 is 5.32 Å². The Bertz CT molecular complexity index is 558. The molecule has 1 N–H and O–H groups in total. The lowest BCUT2D eigenvalue weighted by Gasteiger charge is -2.04. The number of halogens is 1. The summed E-state index contributed by atoms with van der Waals surface area (Å²) in [5.74, 6) is 0.837. The maximum absolute atomic E-state index is 12.7. The molecule has 0 aliphatic rings. The van der Waals surface area contributed by atoms with E-state index in [0.29, 0.717) is 23.6 Å². The highest BCUT2D eigenvalue weighted by atomic mass is 19.1. The number of carbonyl (C=O) groups excluding carboxylic acids is 1.